The number of rotatable bonds is 52. The minimum Gasteiger partial charge on any atom is -0.393 e. The first kappa shape index (κ1) is 62.2. The van der Waals surface area contributed by atoms with Crippen molar-refractivity contribution in [1.82, 2.24) is 5.32 Å². The fourth-order valence-electron chi connectivity index (χ4n) is 8.53. The second-order valence-corrected chi connectivity index (χ2v) is 20.4. The van der Waals surface area contributed by atoms with Crippen LogP contribution in [-0.2, 0) is 18.4 Å². The molecule has 0 aromatic heterocycles. The summed E-state index contributed by atoms with van der Waals surface area (Å²) < 4.78 is 22.2. The highest BCUT2D eigenvalue weighted by molar-refractivity contribution is 7.47. The van der Waals surface area contributed by atoms with Crippen molar-refractivity contribution < 1.29 is 33.5 Å². The lowest BCUT2D eigenvalue weighted by atomic mass is 10.0. The van der Waals surface area contributed by atoms with E-state index in [1.165, 1.54) is 218 Å². The minimum atomic E-state index is -4.40. The summed E-state index contributed by atoms with van der Waals surface area (Å²) in [6.45, 7) is 4.03. The molecule has 0 heterocycles. The van der Waals surface area contributed by atoms with Crippen LogP contribution in [0.25, 0.3) is 0 Å². The summed E-state index contributed by atoms with van der Waals surface area (Å²) >= 11 is 0. The normalized spacial score (nSPS) is 14.3. The van der Waals surface area contributed by atoms with Crippen molar-refractivity contribution in [3.8, 4) is 0 Å². The molecule has 4 unspecified atom stereocenters. The van der Waals surface area contributed by atoms with Crippen LogP contribution in [0.2, 0.25) is 0 Å². The Hall–Kier alpha value is -0.800. The fourth-order valence-corrected chi connectivity index (χ4v) is 9.29. The average Bonchev–Trinajstić information content (AvgIpc) is 3.26. The van der Waals surface area contributed by atoms with E-state index in [2.05, 4.69) is 19.2 Å². The number of hydrogen-bond donors (Lipinski definition) is 5. The molecular formula is C53H107N2O7P. The summed E-state index contributed by atoms with van der Waals surface area (Å²) in [4.78, 5) is 22.9. The number of aliphatic hydroxyl groups is 2. The number of phosphoric ester groups is 1. The first-order valence-corrected chi connectivity index (χ1v) is 28.9. The van der Waals surface area contributed by atoms with Crippen LogP contribution in [0.15, 0.2) is 12.2 Å². The Labute approximate surface area is 390 Å². The third-order valence-electron chi connectivity index (χ3n) is 12.7. The molecule has 0 fully saturated rings. The predicted octanol–water partition coefficient (Wildman–Crippen LogP) is 15.3. The standard InChI is InChI=1S/C53H107N2O7P/c1-3-5-7-9-11-13-15-17-19-21-23-25-27-29-31-33-35-37-39-41-43-45-52(57)51(49-62-63(59,60)61-47-46-54)55-53(58)48-50(56)44-42-40-38-36-34-32-30-28-26-24-22-20-18-16-14-12-10-8-6-4-2/h43,45,50-52,56-57H,3-42,44,46-49,54H2,1-2H3,(H,55,58)(H,59,60)/b45-43+. The molecule has 0 spiro atoms. The maximum atomic E-state index is 12.9. The molecular weight excluding hydrogens is 808 g/mol. The summed E-state index contributed by atoms with van der Waals surface area (Å²) in [5.74, 6) is -0.439. The Morgan fingerprint density at radius 1 is 0.540 bits per heavy atom. The van der Waals surface area contributed by atoms with Gasteiger partial charge in [-0.25, -0.2) is 4.57 Å². The van der Waals surface area contributed by atoms with Crippen LogP contribution in [0.4, 0.5) is 0 Å². The van der Waals surface area contributed by atoms with E-state index < -0.39 is 38.6 Å². The number of nitrogens with one attached hydrogen (secondary N) is 1. The van der Waals surface area contributed by atoms with E-state index >= 15 is 0 Å². The molecule has 6 N–H and O–H groups in total. The monoisotopic (exact) mass is 915 g/mol. The molecule has 4 atom stereocenters. The zero-order chi connectivity index (χ0) is 46.2. The molecule has 1 amide bonds. The van der Waals surface area contributed by atoms with E-state index in [0.717, 1.165) is 38.5 Å². The van der Waals surface area contributed by atoms with Crippen molar-refractivity contribution in [2.45, 2.75) is 302 Å². The van der Waals surface area contributed by atoms with Crippen LogP contribution >= 0.6 is 7.82 Å². The van der Waals surface area contributed by atoms with Crippen LogP contribution in [0.3, 0.4) is 0 Å². The van der Waals surface area contributed by atoms with Gasteiger partial charge in [-0.05, 0) is 19.3 Å². The van der Waals surface area contributed by atoms with Gasteiger partial charge in [0.05, 0.1) is 37.9 Å². The molecule has 0 radical (unpaired) electrons. The van der Waals surface area contributed by atoms with Gasteiger partial charge in [-0.15, -0.1) is 0 Å². The summed E-state index contributed by atoms with van der Waals surface area (Å²) in [5, 5.41) is 24.2. The lowest BCUT2D eigenvalue weighted by molar-refractivity contribution is -0.124. The van der Waals surface area contributed by atoms with Crippen LogP contribution in [0.1, 0.15) is 284 Å². The number of nitrogens with two attached hydrogens (primary N) is 1. The van der Waals surface area contributed by atoms with Crippen LogP contribution in [0, 0.1) is 0 Å². The van der Waals surface area contributed by atoms with Crippen LogP contribution in [-0.4, -0.2) is 59.0 Å². The molecule has 0 aliphatic carbocycles. The van der Waals surface area contributed by atoms with Gasteiger partial charge in [-0.3, -0.25) is 13.8 Å². The number of phosphoric acid groups is 1. The van der Waals surface area contributed by atoms with Gasteiger partial charge in [0.1, 0.15) is 0 Å². The smallest absolute Gasteiger partial charge is 0.393 e. The molecule has 376 valence electrons. The molecule has 0 aromatic rings. The van der Waals surface area contributed by atoms with Gasteiger partial charge in [-0.1, -0.05) is 270 Å². The SMILES string of the molecule is CCCCCCCCCCCCCCCCCCCCC/C=C/C(O)C(COP(=O)(O)OCCN)NC(=O)CC(O)CCCCCCCCCCCCCCCCCCCCCC. The van der Waals surface area contributed by atoms with E-state index in [0.29, 0.717) is 6.42 Å². The van der Waals surface area contributed by atoms with Gasteiger partial charge in [0.15, 0.2) is 0 Å². The van der Waals surface area contributed by atoms with Crippen molar-refractivity contribution in [2.24, 2.45) is 5.73 Å². The molecule has 0 aromatic carbocycles. The zero-order valence-electron chi connectivity index (χ0n) is 41.7. The van der Waals surface area contributed by atoms with E-state index in [-0.39, 0.29) is 19.6 Å². The maximum absolute atomic E-state index is 12.9. The Morgan fingerprint density at radius 2 is 0.873 bits per heavy atom. The van der Waals surface area contributed by atoms with Gasteiger partial charge in [0.25, 0.3) is 0 Å². The average molecular weight is 915 g/mol. The fraction of sp³-hybridized carbons (Fsp3) is 0.943. The number of carbonyl (C=O) groups excluding carboxylic acids is 1. The topological polar surface area (TPSA) is 151 Å². The summed E-state index contributed by atoms with van der Waals surface area (Å²) in [6, 6.07) is -0.979. The van der Waals surface area contributed by atoms with Crippen molar-refractivity contribution in [2.75, 3.05) is 19.8 Å². The second kappa shape index (κ2) is 49.1. The molecule has 0 rings (SSSR count). The summed E-state index contributed by atoms with van der Waals surface area (Å²) in [7, 11) is -4.40. The predicted molar refractivity (Wildman–Crippen MR) is 269 cm³/mol. The van der Waals surface area contributed by atoms with Crippen LogP contribution in [0.5, 0.6) is 0 Å². The number of aliphatic hydroxyl groups excluding tert-OH is 2. The van der Waals surface area contributed by atoms with Crippen molar-refractivity contribution in [3.05, 3.63) is 12.2 Å². The van der Waals surface area contributed by atoms with Crippen molar-refractivity contribution in [1.29, 1.82) is 0 Å². The Balaban J connectivity index is 4.12. The molecule has 0 saturated heterocycles. The number of allylic oxidation sites excluding steroid dienone is 1. The largest absolute Gasteiger partial charge is 0.472 e. The van der Waals surface area contributed by atoms with Gasteiger partial charge in [0, 0.05) is 6.54 Å². The number of carbonyl (C=O) groups is 1. The second-order valence-electron chi connectivity index (χ2n) is 19.0. The van der Waals surface area contributed by atoms with E-state index in [1.807, 2.05) is 6.08 Å². The Bertz CT molecular complexity index is 1020. The maximum Gasteiger partial charge on any atom is 0.472 e. The molecule has 10 heteroatoms. The Kier molecular flexibility index (Phi) is 48.5. The lowest BCUT2D eigenvalue weighted by Gasteiger charge is -2.24. The van der Waals surface area contributed by atoms with E-state index in [4.69, 9.17) is 14.8 Å². The van der Waals surface area contributed by atoms with Gasteiger partial charge >= 0.3 is 7.82 Å². The van der Waals surface area contributed by atoms with Crippen LogP contribution < -0.4 is 11.1 Å². The van der Waals surface area contributed by atoms with Crippen molar-refractivity contribution >= 4 is 13.7 Å². The van der Waals surface area contributed by atoms with Crippen molar-refractivity contribution in [3.63, 3.8) is 0 Å². The summed E-state index contributed by atoms with van der Waals surface area (Å²) in [6.07, 6.45) is 54.5. The molecule has 0 aliphatic heterocycles. The molecule has 0 saturated carbocycles. The number of amides is 1. The zero-order valence-corrected chi connectivity index (χ0v) is 42.6. The Morgan fingerprint density at radius 3 is 1.22 bits per heavy atom. The highest BCUT2D eigenvalue weighted by atomic mass is 31.2. The quantitative estimate of drug-likeness (QED) is 0.0230. The molecule has 63 heavy (non-hydrogen) atoms. The highest BCUT2D eigenvalue weighted by Gasteiger charge is 2.27. The molecule has 0 aliphatic rings. The minimum absolute atomic E-state index is 0.0519. The highest BCUT2D eigenvalue weighted by Crippen LogP contribution is 2.43. The third kappa shape index (κ3) is 47.5. The number of hydrogen-bond acceptors (Lipinski definition) is 7. The van der Waals surface area contributed by atoms with Gasteiger partial charge in [-0.2, -0.15) is 0 Å². The number of unbranched alkanes of at least 4 members (excludes halogenated alkanes) is 38. The lowest BCUT2D eigenvalue weighted by Crippen LogP contribution is -2.46. The molecule has 9 nitrogen and oxygen atoms in total. The van der Waals surface area contributed by atoms with Gasteiger partial charge < -0.3 is 26.2 Å². The van der Waals surface area contributed by atoms with Gasteiger partial charge in [0.2, 0.25) is 5.91 Å². The third-order valence-corrected chi connectivity index (χ3v) is 13.7. The first-order chi connectivity index (χ1) is 30.8. The van der Waals surface area contributed by atoms with E-state index in [1.54, 1.807) is 6.08 Å². The first-order valence-electron chi connectivity index (χ1n) is 27.4. The molecule has 0 bridgehead atoms. The van der Waals surface area contributed by atoms with E-state index in [9.17, 15) is 24.5 Å². The summed E-state index contributed by atoms with van der Waals surface area (Å²) in [5.41, 5.74) is 5.39.